The average Bonchev–Trinajstić information content (AvgIpc) is 2.53. The Bertz CT molecular complexity index is 590. The number of methoxy groups -OCH3 is 1. The van der Waals surface area contributed by atoms with Gasteiger partial charge in [0.25, 0.3) is 0 Å². The standard InChI is InChI=1S/C17H16O3/c1-3-15(14-7-5-4-6-8-14)20-16-10-9-13(12-18)11-17(16)19-2/h3-12,15H,1H2,2H3/t15-/m1/s1. The van der Waals surface area contributed by atoms with E-state index < -0.39 is 0 Å². The van der Waals surface area contributed by atoms with Crippen LogP contribution in [0.1, 0.15) is 22.0 Å². The highest BCUT2D eigenvalue weighted by molar-refractivity contribution is 5.76. The van der Waals surface area contributed by atoms with Gasteiger partial charge in [-0.05, 0) is 29.8 Å². The normalized spacial score (nSPS) is 11.4. The Morgan fingerprint density at radius 3 is 2.45 bits per heavy atom. The summed E-state index contributed by atoms with van der Waals surface area (Å²) in [4.78, 5) is 10.8. The number of carbonyl (C=O) groups is 1. The molecule has 0 heterocycles. The van der Waals surface area contributed by atoms with Gasteiger partial charge in [-0.2, -0.15) is 0 Å². The summed E-state index contributed by atoms with van der Waals surface area (Å²) >= 11 is 0. The first-order valence-corrected chi connectivity index (χ1v) is 6.26. The van der Waals surface area contributed by atoms with Crippen LogP contribution in [0.2, 0.25) is 0 Å². The molecule has 0 aliphatic heterocycles. The monoisotopic (exact) mass is 268 g/mol. The van der Waals surface area contributed by atoms with Crippen LogP contribution in [0.25, 0.3) is 0 Å². The van der Waals surface area contributed by atoms with Crippen LogP contribution >= 0.6 is 0 Å². The highest BCUT2D eigenvalue weighted by Gasteiger charge is 2.12. The molecular formula is C17H16O3. The van der Waals surface area contributed by atoms with Crippen molar-refractivity contribution in [3.05, 3.63) is 72.3 Å². The Balaban J connectivity index is 2.28. The molecule has 0 saturated heterocycles. The highest BCUT2D eigenvalue weighted by atomic mass is 16.5. The van der Waals surface area contributed by atoms with E-state index in [-0.39, 0.29) is 6.10 Å². The Labute approximate surface area is 118 Å². The SMILES string of the molecule is C=C[C@@H](Oc1ccc(C=O)cc1OC)c1ccccc1. The summed E-state index contributed by atoms with van der Waals surface area (Å²) in [6.07, 6.45) is 2.23. The third-order valence-corrected chi connectivity index (χ3v) is 2.92. The zero-order valence-corrected chi connectivity index (χ0v) is 11.3. The zero-order valence-electron chi connectivity index (χ0n) is 11.3. The summed E-state index contributed by atoms with van der Waals surface area (Å²) in [5.74, 6) is 1.10. The van der Waals surface area contributed by atoms with Gasteiger partial charge >= 0.3 is 0 Å². The summed E-state index contributed by atoms with van der Waals surface area (Å²) in [5.41, 5.74) is 1.55. The highest BCUT2D eigenvalue weighted by Crippen LogP contribution is 2.32. The molecule has 3 heteroatoms. The largest absolute Gasteiger partial charge is 0.493 e. The predicted molar refractivity (Wildman–Crippen MR) is 78.4 cm³/mol. The molecule has 0 unspecified atom stereocenters. The number of ether oxygens (including phenoxy) is 2. The molecular weight excluding hydrogens is 252 g/mol. The Morgan fingerprint density at radius 2 is 1.85 bits per heavy atom. The van der Waals surface area contributed by atoms with E-state index in [0.29, 0.717) is 17.1 Å². The molecule has 0 amide bonds. The Morgan fingerprint density at radius 1 is 1.10 bits per heavy atom. The first-order chi connectivity index (χ1) is 9.78. The van der Waals surface area contributed by atoms with Crippen LogP contribution in [0.3, 0.4) is 0 Å². The lowest BCUT2D eigenvalue weighted by atomic mass is 10.1. The molecule has 102 valence electrons. The third kappa shape index (κ3) is 3.06. The van der Waals surface area contributed by atoms with Crippen LogP contribution in [0, 0.1) is 0 Å². The predicted octanol–water partition coefficient (Wildman–Crippen LogP) is 3.81. The fourth-order valence-corrected chi connectivity index (χ4v) is 1.89. The van der Waals surface area contributed by atoms with Gasteiger partial charge in [-0.3, -0.25) is 4.79 Å². The molecule has 0 bridgehead atoms. The molecule has 0 saturated carbocycles. The lowest BCUT2D eigenvalue weighted by Crippen LogP contribution is -2.05. The molecule has 2 rings (SSSR count). The fourth-order valence-electron chi connectivity index (χ4n) is 1.89. The van der Waals surface area contributed by atoms with Crippen LogP contribution in [0.4, 0.5) is 0 Å². The van der Waals surface area contributed by atoms with Crippen LogP contribution in [0.15, 0.2) is 61.2 Å². The minimum absolute atomic E-state index is 0.271. The van der Waals surface area contributed by atoms with Crippen molar-refractivity contribution < 1.29 is 14.3 Å². The molecule has 0 aliphatic carbocycles. The average molecular weight is 268 g/mol. The Hall–Kier alpha value is -2.55. The number of rotatable bonds is 6. The van der Waals surface area contributed by atoms with E-state index in [0.717, 1.165) is 11.8 Å². The van der Waals surface area contributed by atoms with Crippen molar-refractivity contribution in [3.63, 3.8) is 0 Å². The second-order valence-corrected chi connectivity index (χ2v) is 4.21. The van der Waals surface area contributed by atoms with Crippen molar-refractivity contribution >= 4 is 6.29 Å². The molecule has 2 aromatic carbocycles. The topological polar surface area (TPSA) is 35.5 Å². The van der Waals surface area contributed by atoms with Gasteiger partial charge in [0.1, 0.15) is 12.4 Å². The van der Waals surface area contributed by atoms with Crippen LogP contribution in [0.5, 0.6) is 11.5 Å². The van der Waals surface area contributed by atoms with Gasteiger partial charge in [0.15, 0.2) is 11.5 Å². The van der Waals surface area contributed by atoms with Gasteiger partial charge in [0, 0.05) is 5.56 Å². The van der Waals surface area contributed by atoms with E-state index in [2.05, 4.69) is 6.58 Å². The molecule has 2 aromatic rings. The number of hydrogen-bond acceptors (Lipinski definition) is 3. The number of hydrogen-bond donors (Lipinski definition) is 0. The maximum Gasteiger partial charge on any atom is 0.162 e. The third-order valence-electron chi connectivity index (χ3n) is 2.92. The van der Waals surface area contributed by atoms with E-state index in [9.17, 15) is 4.79 Å². The van der Waals surface area contributed by atoms with E-state index >= 15 is 0 Å². The van der Waals surface area contributed by atoms with Crippen molar-refractivity contribution in [3.8, 4) is 11.5 Å². The van der Waals surface area contributed by atoms with Crippen LogP contribution in [-0.4, -0.2) is 13.4 Å². The molecule has 0 fully saturated rings. The van der Waals surface area contributed by atoms with E-state index in [1.54, 1.807) is 31.4 Å². The van der Waals surface area contributed by atoms with E-state index in [1.165, 1.54) is 0 Å². The molecule has 20 heavy (non-hydrogen) atoms. The minimum atomic E-state index is -0.271. The lowest BCUT2D eigenvalue weighted by molar-refractivity contribution is 0.112. The van der Waals surface area contributed by atoms with Gasteiger partial charge in [0.2, 0.25) is 0 Å². The summed E-state index contributed by atoms with van der Waals surface area (Å²) in [7, 11) is 1.54. The van der Waals surface area contributed by atoms with Gasteiger partial charge in [0.05, 0.1) is 7.11 Å². The van der Waals surface area contributed by atoms with Gasteiger partial charge in [-0.1, -0.05) is 36.9 Å². The van der Waals surface area contributed by atoms with Crippen molar-refractivity contribution in [1.29, 1.82) is 0 Å². The van der Waals surface area contributed by atoms with Gasteiger partial charge in [-0.25, -0.2) is 0 Å². The molecule has 0 aromatic heterocycles. The van der Waals surface area contributed by atoms with Gasteiger partial charge < -0.3 is 9.47 Å². The van der Waals surface area contributed by atoms with Crippen molar-refractivity contribution in [2.24, 2.45) is 0 Å². The summed E-state index contributed by atoms with van der Waals surface area (Å²) in [5, 5.41) is 0. The van der Waals surface area contributed by atoms with Crippen molar-refractivity contribution in [1.82, 2.24) is 0 Å². The molecule has 1 atom stereocenters. The zero-order chi connectivity index (χ0) is 14.4. The van der Waals surface area contributed by atoms with Crippen molar-refractivity contribution in [2.75, 3.05) is 7.11 Å². The number of aldehydes is 1. The van der Waals surface area contributed by atoms with E-state index in [4.69, 9.17) is 9.47 Å². The second-order valence-electron chi connectivity index (χ2n) is 4.21. The number of carbonyl (C=O) groups excluding carboxylic acids is 1. The molecule has 0 radical (unpaired) electrons. The van der Waals surface area contributed by atoms with Crippen LogP contribution in [-0.2, 0) is 0 Å². The summed E-state index contributed by atoms with van der Waals surface area (Å²) < 4.78 is 11.2. The summed E-state index contributed by atoms with van der Waals surface area (Å²) in [6, 6.07) is 14.8. The fraction of sp³-hybridized carbons (Fsp3) is 0.118. The summed E-state index contributed by atoms with van der Waals surface area (Å²) in [6.45, 7) is 3.80. The molecule has 3 nitrogen and oxygen atoms in total. The first kappa shape index (κ1) is 13.9. The smallest absolute Gasteiger partial charge is 0.162 e. The molecule has 0 spiro atoms. The maximum absolute atomic E-state index is 10.8. The second kappa shape index (κ2) is 6.57. The minimum Gasteiger partial charge on any atom is -0.493 e. The lowest BCUT2D eigenvalue weighted by Gasteiger charge is -2.18. The van der Waals surface area contributed by atoms with Crippen LogP contribution < -0.4 is 9.47 Å². The quantitative estimate of drug-likeness (QED) is 0.590. The van der Waals surface area contributed by atoms with Gasteiger partial charge in [-0.15, -0.1) is 0 Å². The number of benzene rings is 2. The molecule has 0 aliphatic rings. The maximum atomic E-state index is 10.8. The Kier molecular flexibility index (Phi) is 4.56. The molecule has 0 N–H and O–H groups in total. The van der Waals surface area contributed by atoms with Crippen molar-refractivity contribution in [2.45, 2.75) is 6.10 Å². The first-order valence-electron chi connectivity index (χ1n) is 6.26. The van der Waals surface area contributed by atoms with E-state index in [1.807, 2.05) is 30.3 Å².